The van der Waals surface area contributed by atoms with E-state index in [0.717, 1.165) is 16.8 Å². The van der Waals surface area contributed by atoms with Gasteiger partial charge in [0, 0.05) is 35.2 Å². The average Bonchev–Trinajstić information content (AvgIpc) is 3.39. The highest BCUT2D eigenvalue weighted by Gasteiger charge is 2.48. The summed E-state index contributed by atoms with van der Waals surface area (Å²) in [5.74, 6) is 1.31. The molecule has 0 saturated carbocycles. The van der Waals surface area contributed by atoms with E-state index >= 15 is 4.39 Å². The molecule has 3 unspecified atom stereocenters. The summed E-state index contributed by atoms with van der Waals surface area (Å²) in [5, 5.41) is 6.20. The number of benzene rings is 2. The molecule has 13 heteroatoms. The molecule has 8 nitrogen and oxygen atoms in total. The van der Waals surface area contributed by atoms with Crippen molar-refractivity contribution in [2.75, 3.05) is 23.9 Å². The van der Waals surface area contributed by atoms with Gasteiger partial charge in [-0.25, -0.2) is 17.8 Å². The number of hydrogen-bond donors (Lipinski definition) is 3. The van der Waals surface area contributed by atoms with Gasteiger partial charge in [-0.15, -0.1) is 24.8 Å². The normalized spacial score (nSPS) is 22.8. The molecule has 2 aliphatic rings. The summed E-state index contributed by atoms with van der Waals surface area (Å²) in [4.78, 5) is 4.59. The van der Waals surface area contributed by atoms with Crippen molar-refractivity contribution in [3.63, 3.8) is 0 Å². The Morgan fingerprint density at radius 3 is 2.67 bits per heavy atom. The van der Waals surface area contributed by atoms with Crippen LogP contribution in [0.25, 0.3) is 11.3 Å². The molecule has 0 amide bonds. The number of alkyl halides is 2. The van der Waals surface area contributed by atoms with Gasteiger partial charge in [0.25, 0.3) is 0 Å². The van der Waals surface area contributed by atoms with Crippen LogP contribution < -0.4 is 16.4 Å². The van der Waals surface area contributed by atoms with E-state index in [1.165, 1.54) is 18.7 Å². The first-order chi connectivity index (χ1) is 19.1. The van der Waals surface area contributed by atoms with E-state index in [1.807, 2.05) is 60.7 Å². The second kappa shape index (κ2) is 13.9. The molecule has 2 heterocycles. The number of allylic oxidation sites excluding steroid dienone is 2. The molecule has 42 heavy (non-hydrogen) atoms. The molecule has 0 saturated heterocycles. The number of ether oxygens (including phenoxy) is 1. The summed E-state index contributed by atoms with van der Waals surface area (Å²) in [6.07, 6.45) is 6.42. The number of furan rings is 1. The van der Waals surface area contributed by atoms with Gasteiger partial charge < -0.3 is 19.8 Å². The summed E-state index contributed by atoms with van der Waals surface area (Å²) < 4.78 is 48.7. The molecule has 5 rings (SSSR count). The topological polar surface area (TPSA) is 119 Å². The molecule has 226 valence electrons. The van der Waals surface area contributed by atoms with Crippen molar-refractivity contribution < 1.29 is 22.0 Å². The van der Waals surface area contributed by atoms with Crippen molar-refractivity contribution in [2.24, 2.45) is 10.7 Å². The van der Waals surface area contributed by atoms with Gasteiger partial charge in [-0.2, -0.15) is 0 Å². The third-order valence-corrected chi connectivity index (χ3v) is 8.37. The number of nitrogens with zero attached hydrogens (tertiary/aromatic N) is 1. The second-order valence-corrected chi connectivity index (χ2v) is 13.3. The van der Waals surface area contributed by atoms with Crippen molar-refractivity contribution in [1.29, 1.82) is 0 Å². The monoisotopic (exact) mass is 700 g/mol. The standard InChI is InChI=1S/C29H30BrFN4O4S.2ClH/c1-40(36,37)15-14-33-17-22-10-12-26(39-22)21-9-11-25-24(16-21)29(32,35-19-34-25)23-8-5-13-28(30,31)27(23)38-18-20-6-3-2-4-7-20;;/h2-13,16,19,27,33H,14-15,17-18,32H2,1H3,(H,34,35);2*1H. The number of halogens is 4. The van der Waals surface area contributed by atoms with Gasteiger partial charge in [0.2, 0.25) is 4.58 Å². The van der Waals surface area contributed by atoms with E-state index in [1.54, 1.807) is 12.2 Å². The van der Waals surface area contributed by atoms with Crippen LogP contribution in [0.15, 0.2) is 93.9 Å². The van der Waals surface area contributed by atoms with Gasteiger partial charge in [-0.1, -0.05) is 42.5 Å². The smallest absolute Gasteiger partial charge is 0.213 e. The van der Waals surface area contributed by atoms with Crippen LogP contribution in [0.3, 0.4) is 0 Å². The number of nitrogens with two attached hydrogens (primary N) is 1. The Morgan fingerprint density at radius 1 is 1.17 bits per heavy atom. The second-order valence-electron chi connectivity index (χ2n) is 9.83. The molecule has 3 atom stereocenters. The van der Waals surface area contributed by atoms with E-state index in [9.17, 15) is 8.42 Å². The first kappa shape index (κ1) is 34.0. The van der Waals surface area contributed by atoms with Crippen LogP contribution in [0.2, 0.25) is 0 Å². The zero-order valence-corrected chi connectivity index (χ0v) is 26.7. The Hall–Kier alpha value is -2.51. The molecule has 1 aliphatic heterocycles. The Bertz CT molecular complexity index is 1580. The van der Waals surface area contributed by atoms with Gasteiger partial charge in [0.15, 0.2) is 5.66 Å². The molecular weight excluding hydrogens is 670 g/mol. The van der Waals surface area contributed by atoms with Crippen LogP contribution in [-0.4, -0.2) is 44.0 Å². The van der Waals surface area contributed by atoms with E-state index in [0.29, 0.717) is 35.7 Å². The van der Waals surface area contributed by atoms with Crippen LogP contribution >= 0.6 is 40.7 Å². The summed E-state index contributed by atoms with van der Waals surface area (Å²) in [6.45, 7) is 0.899. The number of sulfone groups is 1. The maximum atomic E-state index is 15.8. The largest absolute Gasteiger partial charge is 0.460 e. The van der Waals surface area contributed by atoms with Crippen LogP contribution in [0.5, 0.6) is 0 Å². The van der Waals surface area contributed by atoms with E-state index in [2.05, 4.69) is 31.6 Å². The number of rotatable bonds is 10. The molecule has 2 aromatic carbocycles. The highest BCUT2D eigenvalue weighted by molar-refractivity contribution is 9.10. The fourth-order valence-electron chi connectivity index (χ4n) is 4.68. The Labute approximate surface area is 265 Å². The highest BCUT2D eigenvalue weighted by Crippen LogP contribution is 2.46. The number of anilines is 1. The van der Waals surface area contributed by atoms with Crippen molar-refractivity contribution in [2.45, 2.75) is 29.5 Å². The maximum absolute atomic E-state index is 15.8. The highest BCUT2D eigenvalue weighted by atomic mass is 79.9. The first-order valence-electron chi connectivity index (χ1n) is 12.7. The van der Waals surface area contributed by atoms with E-state index in [4.69, 9.17) is 14.9 Å². The molecule has 0 radical (unpaired) electrons. The Morgan fingerprint density at radius 2 is 1.93 bits per heavy atom. The zero-order chi connectivity index (χ0) is 28.4. The summed E-state index contributed by atoms with van der Waals surface area (Å²) in [6, 6.07) is 18.9. The lowest BCUT2D eigenvalue weighted by Gasteiger charge is -2.40. The zero-order valence-electron chi connectivity index (χ0n) is 22.6. The van der Waals surface area contributed by atoms with Crippen molar-refractivity contribution in [3.05, 3.63) is 101 Å². The predicted molar refractivity (Wildman–Crippen MR) is 173 cm³/mol. The lowest BCUT2D eigenvalue weighted by Crippen LogP contribution is -2.49. The van der Waals surface area contributed by atoms with Gasteiger partial charge in [-0.3, -0.25) is 5.73 Å². The molecule has 4 N–H and O–H groups in total. The van der Waals surface area contributed by atoms with Gasteiger partial charge >= 0.3 is 0 Å². The molecule has 3 aromatic rings. The minimum atomic E-state index is -3.04. The first-order valence-corrected chi connectivity index (χ1v) is 15.5. The number of fused-ring (bicyclic) bond motifs is 1. The van der Waals surface area contributed by atoms with E-state index < -0.39 is 26.2 Å². The maximum Gasteiger partial charge on any atom is 0.213 e. The Balaban J connectivity index is 0.00000242. The molecular formula is C29H32BrCl2FN4O4S. The lowest BCUT2D eigenvalue weighted by atomic mass is 9.82. The summed E-state index contributed by atoms with van der Waals surface area (Å²) in [5.41, 5.74) is 9.06. The van der Waals surface area contributed by atoms with Crippen LogP contribution in [0.4, 0.5) is 10.1 Å². The van der Waals surface area contributed by atoms with E-state index in [-0.39, 0.29) is 37.2 Å². The van der Waals surface area contributed by atoms with Crippen molar-refractivity contribution in [1.82, 2.24) is 5.32 Å². The lowest BCUT2D eigenvalue weighted by molar-refractivity contribution is 0.00693. The predicted octanol–water partition coefficient (Wildman–Crippen LogP) is 5.63. The molecule has 0 spiro atoms. The molecule has 1 aliphatic carbocycles. The van der Waals surface area contributed by atoms with Gasteiger partial charge in [0.1, 0.15) is 27.5 Å². The fraction of sp³-hybridized carbons (Fsp3) is 0.276. The quantitative estimate of drug-likeness (QED) is 0.185. The average molecular weight is 702 g/mol. The molecule has 1 aromatic heterocycles. The van der Waals surface area contributed by atoms with Gasteiger partial charge in [-0.05, 0) is 57.9 Å². The minimum Gasteiger partial charge on any atom is -0.460 e. The van der Waals surface area contributed by atoms with Crippen LogP contribution in [0.1, 0.15) is 16.9 Å². The van der Waals surface area contributed by atoms with Crippen molar-refractivity contribution in [3.8, 4) is 11.3 Å². The number of hydrogen-bond acceptors (Lipinski definition) is 8. The van der Waals surface area contributed by atoms with Gasteiger partial charge in [0.05, 0.1) is 25.2 Å². The number of nitrogens with one attached hydrogen (secondary N) is 2. The summed E-state index contributed by atoms with van der Waals surface area (Å²) in [7, 11) is -3.04. The van der Waals surface area contributed by atoms with Crippen molar-refractivity contribution >= 4 is 62.6 Å². The molecule has 0 fully saturated rings. The van der Waals surface area contributed by atoms with Crippen LogP contribution in [-0.2, 0) is 33.4 Å². The minimum absolute atomic E-state index is 0. The Kier molecular flexibility index (Phi) is 11.2. The fourth-order valence-corrected chi connectivity index (χ4v) is 5.73. The SMILES string of the molecule is CS(=O)(=O)CCNCc1ccc(-c2ccc3c(c2)C(N)(C2=CC=CC(F)(Br)C2OCc2ccccc2)N=CN3)o1.Cl.Cl. The van der Waals surface area contributed by atoms with Crippen LogP contribution in [0, 0.1) is 0 Å². The third-order valence-electron chi connectivity index (χ3n) is 6.74. The third kappa shape index (κ3) is 7.71. The molecule has 0 bridgehead atoms. The number of aliphatic imine (C=N–C) groups is 1. The summed E-state index contributed by atoms with van der Waals surface area (Å²) >= 11 is 3.20.